The van der Waals surface area contributed by atoms with E-state index in [1.54, 1.807) is 13.0 Å². The second-order valence-corrected chi connectivity index (χ2v) is 5.65. The normalized spacial score (nSPS) is 22.4. The predicted molar refractivity (Wildman–Crippen MR) is 49.3 cm³/mol. The minimum Gasteiger partial charge on any atom is -0.324 e. The first-order valence-electron chi connectivity index (χ1n) is 4.05. The van der Waals surface area contributed by atoms with Crippen LogP contribution in [0.15, 0.2) is 11.0 Å². The van der Waals surface area contributed by atoms with Crippen LogP contribution in [0.3, 0.4) is 0 Å². The molecule has 1 rings (SSSR count). The molecule has 1 atom stereocenters. The maximum absolute atomic E-state index is 11.0. The highest BCUT2D eigenvalue weighted by atomic mass is 32.2. The summed E-state index contributed by atoms with van der Waals surface area (Å²) in [4.78, 5) is 0.391. The Bertz CT molecular complexity index is 288. The smallest absolute Gasteiger partial charge is 0.171 e. The van der Waals surface area contributed by atoms with Gasteiger partial charge in [-0.05, 0) is 25.7 Å². The summed E-state index contributed by atoms with van der Waals surface area (Å²) in [5.41, 5.74) is 5.74. The molecule has 70 valence electrons. The van der Waals surface area contributed by atoms with Crippen molar-refractivity contribution in [1.29, 1.82) is 0 Å². The Balaban J connectivity index is 2.67. The molecule has 0 amide bonds. The first-order valence-corrected chi connectivity index (χ1v) is 5.94. The summed E-state index contributed by atoms with van der Waals surface area (Å²) >= 11 is 0. The third kappa shape index (κ3) is 2.60. The van der Waals surface area contributed by atoms with E-state index in [1.165, 1.54) is 6.26 Å². The molecular weight excluding hydrogens is 174 g/mol. The molecule has 0 radical (unpaired) electrons. The van der Waals surface area contributed by atoms with E-state index in [9.17, 15) is 8.42 Å². The molecule has 1 aliphatic carbocycles. The van der Waals surface area contributed by atoms with E-state index >= 15 is 0 Å². The Labute approximate surface area is 73.6 Å². The maximum Gasteiger partial charge on any atom is 0.171 e. The van der Waals surface area contributed by atoms with Gasteiger partial charge in [0.2, 0.25) is 0 Å². The molecule has 0 aromatic carbocycles. The molecule has 0 aliphatic heterocycles. The van der Waals surface area contributed by atoms with Crippen molar-refractivity contribution in [3.8, 4) is 0 Å². The summed E-state index contributed by atoms with van der Waals surface area (Å²) in [6, 6.07) is -0.0697. The van der Waals surface area contributed by atoms with Gasteiger partial charge in [0.05, 0.1) is 0 Å². The van der Waals surface area contributed by atoms with Gasteiger partial charge in [-0.2, -0.15) is 0 Å². The van der Waals surface area contributed by atoms with E-state index in [0.29, 0.717) is 10.8 Å². The molecular formula is C8H15NO2S. The number of rotatable bonds is 3. The Morgan fingerprint density at radius 2 is 2.08 bits per heavy atom. The summed E-state index contributed by atoms with van der Waals surface area (Å²) < 4.78 is 22.0. The van der Waals surface area contributed by atoms with E-state index in [1.807, 2.05) is 0 Å². The second kappa shape index (κ2) is 3.18. The van der Waals surface area contributed by atoms with E-state index < -0.39 is 9.84 Å². The van der Waals surface area contributed by atoms with Crippen LogP contribution in [0, 0.1) is 5.92 Å². The predicted octanol–water partition coefficient (Wildman–Crippen LogP) is 0.672. The van der Waals surface area contributed by atoms with Crippen LogP contribution in [0.25, 0.3) is 0 Å². The maximum atomic E-state index is 11.0. The summed E-state index contributed by atoms with van der Waals surface area (Å²) in [7, 11) is -3.02. The van der Waals surface area contributed by atoms with E-state index in [-0.39, 0.29) is 6.04 Å². The zero-order valence-corrected chi connectivity index (χ0v) is 8.26. The zero-order valence-electron chi connectivity index (χ0n) is 7.45. The van der Waals surface area contributed by atoms with Gasteiger partial charge in [0.25, 0.3) is 0 Å². The Morgan fingerprint density at radius 1 is 1.58 bits per heavy atom. The minimum absolute atomic E-state index is 0.0697. The van der Waals surface area contributed by atoms with Crippen LogP contribution in [-0.4, -0.2) is 20.7 Å². The largest absolute Gasteiger partial charge is 0.324 e. The number of hydrogen-bond donors (Lipinski definition) is 1. The first-order chi connectivity index (χ1) is 5.41. The van der Waals surface area contributed by atoms with Crippen molar-refractivity contribution in [2.24, 2.45) is 11.7 Å². The molecule has 0 bridgehead atoms. The highest BCUT2D eigenvalue weighted by Gasteiger charge is 2.27. The third-order valence-corrected chi connectivity index (χ3v) is 3.48. The quantitative estimate of drug-likeness (QED) is 0.710. The number of allylic oxidation sites excluding steroid dienone is 1. The van der Waals surface area contributed by atoms with Crippen LogP contribution < -0.4 is 5.73 Å². The van der Waals surface area contributed by atoms with Crippen LogP contribution >= 0.6 is 0 Å². The van der Waals surface area contributed by atoms with Gasteiger partial charge in [-0.1, -0.05) is 6.08 Å². The van der Waals surface area contributed by atoms with Gasteiger partial charge >= 0.3 is 0 Å². The lowest BCUT2D eigenvalue weighted by Gasteiger charge is -2.05. The fourth-order valence-corrected chi connectivity index (χ4v) is 1.42. The summed E-state index contributed by atoms with van der Waals surface area (Å²) in [5.74, 6) is 0.515. The molecule has 3 nitrogen and oxygen atoms in total. The average Bonchev–Trinajstić information content (AvgIpc) is 2.65. The van der Waals surface area contributed by atoms with Gasteiger partial charge in [0.15, 0.2) is 9.84 Å². The molecule has 0 aromatic heterocycles. The van der Waals surface area contributed by atoms with Gasteiger partial charge in [-0.25, -0.2) is 8.42 Å². The van der Waals surface area contributed by atoms with Gasteiger partial charge in [0.1, 0.15) is 0 Å². The lowest BCUT2D eigenvalue weighted by Crippen LogP contribution is -2.20. The van der Waals surface area contributed by atoms with Crippen LogP contribution in [0.4, 0.5) is 0 Å². The van der Waals surface area contributed by atoms with Gasteiger partial charge in [-0.3, -0.25) is 0 Å². The highest BCUT2D eigenvalue weighted by molar-refractivity contribution is 7.94. The van der Waals surface area contributed by atoms with E-state index in [4.69, 9.17) is 5.73 Å². The average molecular weight is 189 g/mol. The van der Waals surface area contributed by atoms with Gasteiger partial charge < -0.3 is 5.73 Å². The van der Waals surface area contributed by atoms with Crippen molar-refractivity contribution in [2.45, 2.75) is 25.8 Å². The minimum atomic E-state index is -3.02. The van der Waals surface area contributed by atoms with E-state index in [0.717, 1.165) is 12.8 Å². The highest BCUT2D eigenvalue weighted by Crippen LogP contribution is 2.32. The topological polar surface area (TPSA) is 60.2 Å². The standard InChI is InChI=1S/C8H15NO2S/c1-6(12(2,10)11)5-8(9)7-3-4-7/h5,7-8H,3-4,9H2,1-2H3/b6-5+. The SMILES string of the molecule is C/C(=C\C(N)C1CC1)S(C)(=O)=O. The Morgan fingerprint density at radius 3 is 2.42 bits per heavy atom. The second-order valence-electron chi connectivity index (χ2n) is 3.46. The van der Waals surface area contributed by atoms with Crippen LogP contribution in [0.2, 0.25) is 0 Å². The molecule has 2 N–H and O–H groups in total. The Hall–Kier alpha value is -0.350. The van der Waals surface area contributed by atoms with Crippen LogP contribution in [-0.2, 0) is 9.84 Å². The summed E-state index contributed by atoms with van der Waals surface area (Å²) in [6.45, 7) is 1.59. The van der Waals surface area contributed by atoms with Crippen LogP contribution in [0.5, 0.6) is 0 Å². The zero-order chi connectivity index (χ0) is 9.35. The number of nitrogens with two attached hydrogens (primary N) is 1. The fraction of sp³-hybridized carbons (Fsp3) is 0.750. The Kier molecular flexibility index (Phi) is 2.58. The molecule has 0 heterocycles. The molecule has 4 heteroatoms. The number of hydrogen-bond acceptors (Lipinski definition) is 3. The first kappa shape index (κ1) is 9.74. The molecule has 0 saturated heterocycles. The van der Waals surface area contributed by atoms with Crippen molar-refractivity contribution in [3.05, 3.63) is 11.0 Å². The molecule has 1 aliphatic rings. The lowest BCUT2D eigenvalue weighted by atomic mass is 10.2. The van der Waals surface area contributed by atoms with Crippen molar-refractivity contribution < 1.29 is 8.42 Å². The van der Waals surface area contributed by atoms with Crippen molar-refractivity contribution >= 4 is 9.84 Å². The number of sulfone groups is 1. The molecule has 12 heavy (non-hydrogen) atoms. The van der Waals surface area contributed by atoms with Crippen molar-refractivity contribution in [3.63, 3.8) is 0 Å². The lowest BCUT2D eigenvalue weighted by molar-refractivity contribution is 0.606. The monoisotopic (exact) mass is 189 g/mol. The molecule has 1 unspecified atom stereocenters. The van der Waals surface area contributed by atoms with E-state index in [2.05, 4.69) is 0 Å². The van der Waals surface area contributed by atoms with Crippen LogP contribution in [0.1, 0.15) is 19.8 Å². The van der Waals surface area contributed by atoms with Crippen molar-refractivity contribution in [1.82, 2.24) is 0 Å². The molecule has 0 spiro atoms. The molecule has 1 fully saturated rings. The molecule has 0 aromatic rings. The summed E-state index contributed by atoms with van der Waals surface area (Å²) in [5, 5.41) is 0. The van der Waals surface area contributed by atoms with Crippen molar-refractivity contribution in [2.75, 3.05) is 6.26 Å². The summed E-state index contributed by atoms with van der Waals surface area (Å²) in [6.07, 6.45) is 5.13. The van der Waals surface area contributed by atoms with Gasteiger partial charge in [0, 0.05) is 17.2 Å². The third-order valence-electron chi connectivity index (χ3n) is 2.18. The van der Waals surface area contributed by atoms with Gasteiger partial charge in [-0.15, -0.1) is 0 Å². The molecule has 1 saturated carbocycles. The fourth-order valence-electron chi connectivity index (χ4n) is 1.01.